The van der Waals surface area contributed by atoms with Crippen LogP contribution in [0.2, 0.25) is 5.15 Å². The lowest BCUT2D eigenvalue weighted by Crippen LogP contribution is -2.02. The molecular weight excluding hydrogens is 200 g/mol. The Morgan fingerprint density at radius 1 is 1.29 bits per heavy atom. The first-order valence-electron chi connectivity index (χ1n) is 4.91. The molecule has 3 nitrogen and oxygen atoms in total. The topological polar surface area (TPSA) is 35.0 Å². The highest BCUT2D eigenvalue weighted by Crippen LogP contribution is 2.23. The van der Waals surface area contributed by atoms with Gasteiger partial charge in [0.05, 0.1) is 12.2 Å². The van der Waals surface area contributed by atoms with Crippen LogP contribution in [0.5, 0.6) is 5.88 Å². The van der Waals surface area contributed by atoms with Crippen molar-refractivity contribution >= 4 is 11.6 Å². The summed E-state index contributed by atoms with van der Waals surface area (Å²) in [6.07, 6.45) is 4.27. The van der Waals surface area contributed by atoms with Gasteiger partial charge in [-0.25, -0.2) is 9.97 Å². The summed E-state index contributed by atoms with van der Waals surface area (Å²) >= 11 is 5.96. The standard InChI is InChI=1S/C10H15ClN2O/c1-3-5-8-9(11)12-7-13-10(8)14-6-4-2/h7H,3-6H2,1-2H3. The molecule has 0 saturated carbocycles. The highest BCUT2D eigenvalue weighted by atomic mass is 35.5. The molecule has 78 valence electrons. The summed E-state index contributed by atoms with van der Waals surface area (Å²) in [5.74, 6) is 0.633. The summed E-state index contributed by atoms with van der Waals surface area (Å²) < 4.78 is 5.48. The molecule has 0 amide bonds. The first kappa shape index (κ1) is 11.2. The van der Waals surface area contributed by atoms with Gasteiger partial charge in [0.1, 0.15) is 11.5 Å². The van der Waals surface area contributed by atoms with Gasteiger partial charge in [0, 0.05) is 0 Å². The smallest absolute Gasteiger partial charge is 0.221 e. The van der Waals surface area contributed by atoms with E-state index < -0.39 is 0 Å². The van der Waals surface area contributed by atoms with E-state index in [0.717, 1.165) is 24.8 Å². The fraction of sp³-hybridized carbons (Fsp3) is 0.600. The van der Waals surface area contributed by atoms with Gasteiger partial charge in [-0.15, -0.1) is 0 Å². The quantitative estimate of drug-likeness (QED) is 0.707. The number of ether oxygens (including phenoxy) is 1. The minimum atomic E-state index is 0.507. The fourth-order valence-corrected chi connectivity index (χ4v) is 1.38. The molecule has 0 fully saturated rings. The molecule has 0 bridgehead atoms. The molecule has 0 N–H and O–H groups in total. The number of hydrogen-bond acceptors (Lipinski definition) is 3. The van der Waals surface area contributed by atoms with Gasteiger partial charge >= 0.3 is 0 Å². The monoisotopic (exact) mass is 214 g/mol. The highest BCUT2D eigenvalue weighted by molar-refractivity contribution is 6.30. The molecule has 1 aromatic heterocycles. The molecule has 0 aromatic carbocycles. The van der Waals surface area contributed by atoms with Crippen LogP contribution in [0.25, 0.3) is 0 Å². The Balaban J connectivity index is 2.83. The van der Waals surface area contributed by atoms with Crippen LogP contribution in [-0.2, 0) is 6.42 Å². The molecule has 1 aromatic rings. The third kappa shape index (κ3) is 2.84. The predicted molar refractivity (Wildman–Crippen MR) is 56.8 cm³/mol. The van der Waals surface area contributed by atoms with E-state index in [4.69, 9.17) is 16.3 Å². The van der Waals surface area contributed by atoms with E-state index >= 15 is 0 Å². The number of rotatable bonds is 5. The lowest BCUT2D eigenvalue weighted by atomic mass is 10.2. The molecule has 0 aliphatic carbocycles. The predicted octanol–water partition coefficient (Wildman–Crippen LogP) is 2.87. The Bertz CT molecular complexity index is 291. The van der Waals surface area contributed by atoms with Crippen LogP contribution >= 0.6 is 11.6 Å². The minimum absolute atomic E-state index is 0.507. The molecular formula is C10H15ClN2O. The van der Waals surface area contributed by atoms with Crippen molar-refractivity contribution in [2.75, 3.05) is 6.61 Å². The SMILES string of the molecule is CCCOc1ncnc(Cl)c1CCC. The first-order chi connectivity index (χ1) is 6.79. The summed E-state index contributed by atoms with van der Waals surface area (Å²) in [4.78, 5) is 8.02. The normalized spacial score (nSPS) is 10.2. The van der Waals surface area contributed by atoms with Gasteiger partial charge in [0.2, 0.25) is 5.88 Å². The number of aromatic nitrogens is 2. The zero-order chi connectivity index (χ0) is 10.4. The zero-order valence-electron chi connectivity index (χ0n) is 8.59. The second-order valence-electron chi connectivity index (χ2n) is 3.05. The molecule has 0 unspecified atom stereocenters. The van der Waals surface area contributed by atoms with Crippen molar-refractivity contribution < 1.29 is 4.74 Å². The summed E-state index contributed by atoms with van der Waals surface area (Å²) in [5, 5.41) is 0.507. The van der Waals surface area contributed by atoms with Crippen molar-refractivity contribution in [2.24, 2.45) is 0 Å². The van der Waals surface area contributed by atoms with Gasteiger partial charge < -0.3 is 4.74 Å². The van der Waals surface area contributed by atoms with Crippen molar-refractivity contribution in [2.45, 2.75) is 33.1 Å². The fourth-order valence-electron chi connectivity index (χ4n) is 1.16. The van der Waals surface area contributed by atoms with E-state index in [2.05, 4.69) is 23.8 Å². The van der Waals surface area contributed by atoms with Crippen molar-refractivity contribution in [3.8, 4) is 5.88 Å². The van der Waals surface area contributed by atoms with Crippen molar-refractivity contribution in [3.05, 3.63) is 17.0 Å². The number of hydrogen-bond donors (Lipinski definition) is 0. The Hall–Kier alpha value is -0.830. The summed E-state index contributed by atoms with van der Waals surface area (Å²) in [6.45, 7) is 4.82. The molecule has 0 aliphatic rings. The molecule has 0 radical (unpaired) electrons. The second-order valence-corrected chi connectivity index (χ2v) is 3.40. The van der Waals surface area contributed by atoms with E-state index in [-0.39, 0.29) is 0 Å². The number of nitrogens with zero attached hydrogens (tertiary/aromatic N) is 2. The maximum absolute atomic E-state index is 5.96. The second kappa shape index (κ2) is 5.81. The summed E-state index contributed by atoms with van der Waals surface area (Å²) in [6, 6.07) is 0. The van der Waals surface area contributed by atoms with Gasteiger partial charge in [0.25, 0.3) is 0 Å². The molecule has 4 heteroatoms. The van der Waals surface area contributed by atoms with Crippen LogP contribution in [0, 0.1) is 0 Å². The third-order valence-corrected chi connectivity index (χ3v) is 2.12. The third-order valence-electron chi connectivity index (χ3n) is 1.80. The Morgan fingerprint density at radius 2 is 2.07 bits per heavy atom. The molecule has 0 spiro atoms. The van der Waals surface area contributed by atoms with Crippen LogP contribution in [0.15, 0.2) is 6.33 Å². The van der Waals surface area contributed by atoms with E-state index in [0.29, 0.717) is 17.6 Å². The van der Waals surface area contributed by atoms with Crippen LogP contribution in [-0.4, -0.2) is 16.6 Å². The van der Waals surface area contributed by atoms with Crippen LogP contribution in [0.3, 0.4) is 0 Å². The van der Waals surface area contributed by atoms with Gasteiger partial charge in [0.15, 0.2) is 0 Å². The lowest BCUT2D eigenvalue weighted by Gasteiger charge is -2.09. The molecule has 14 heavy (non-hydrogen) atoms. The molecule has 0 atom stereocenters. The summed E-state index contributed by atoms with van der Waals surface area (Å²) in [7, 11) is 0. The van der Waals surface area contributed by atoms with Crippen molar-refractivity contribution in [1.29, 1.82) is 0 Å². The van der Waals surface area contributed by atoms with Crippen molar-refractivity contribution in [1.82, 2.24) is 9.97 Å². The van der Waals surface area contributed by atoms with Gasteiger partial charge in [-0.05, 0) is 12.8 Å². The minimum Gasteiger partial charge on any atom is -0.477 e. The molecule has 0 saturated heterocycles. The highest BCUT2D eigenvalue weighted by Gasteiger charge is 2.09. The van der Waals surface area contributed by atoms with E-state index in [1.165, 1.54) is 6.33 Å². The zero-order valence-corrected chi connectivity index (χ0v) is 9.34. The van der Waals surface area contributed by atoms with Crippen LogP contribution in [0.4, 0.5) is 0 Å². The van der Waals surface area contributed by atoms with E-state index in [1.54, 1.807) is 0 Å². The van der Waals surface area contributed by atoms with Crippen molar-refractivity contribution in [3.63, 3.8) is 0 Å². The average molecular weight is 215 g/mol. The first-order valence-corrected chi connectivity index (χ1v) is 5.29. The number of halogens is 1. The largest absolute Gasteiger partial charge is 0.477 e. The molecule has 1 rings (SSSR count). The summed E-state index contributed by atoms with van der Waals surface area (Å²) in [5.41, 5.74) is 0.921. The average Bonchev–Trinajstić information content (AvgIpc) is 2.19. The maximum atomic E-state index is 5.96. The van der Waals surface area contributed by atoms with Gasteiger partial charge in [-0.2, -0.15) is 0 Å². The maximum Gasteiger partial charge on any atom is 0.221 e. The molecule has 1 heterocycles. The van der Waals surface area contributed by atoms with Crippen LogP contribution < -0.4 is 4.74 Å². The van der Waals surface area contributed by atoms with E-state index in [9.17, 15) is 0 Å². The Labute approximate surface area is 89.5 Å². The van der Waals surface area contributed by atoms with Gasteiger partial charge in [-0.3, -0.25) is 0 Å². The Morgan fingerprint density at radius 3 is 2.71 bits per heavy atom. The van der Waals surface area contributed by atoms with Crippen LogP contribution in [0.1, 0.15) is 32.3 Å². The Kier molecular flexibility index (Phi) is 4.66. The van der Waals surface area contributed by atoms with Gasteiger partial charge in [-0.1, -0.05) is 31.9 Å². The van der Waals surface area contributed by atoms with E-state index in [1.807, 2.05) is 0 Å². The molecule has 0 aliphatic heterocycles. The lowest BCUT2D eigenvalue weighted by molar-refractivity contribution is 0.301.